The van der Waals surface area contributed by atoms with Gasteiger partial charge in [0.25, 0.3) is 0 Å². The van der Waals surface area contributed by atoms with Crippen molar-refractivity contribution in [1.82, 2.24) is 5.32 Å². The van der Waals surface area contributed by atoms with Crippen molar-refractivity contribution < 1.29 is 4.39 Å². The Morgan fingerprint density at radius 1 is 1.00 bits per heavy atom. The monoisotopic (exact) mass is 284 g/mol. The third kappa shape index (κ3) is 5.40. The van der Waals surface area contributed by atoms with Crippen LogP contribution in [0.15, 0.2) is 60.8 Å². The molecule has 0 unspecified atom stereocenters. The standard InChI is InChI=1S/C18H21FN2/c1-14(2)21-18-9-5-15(6-10-18)11-12-20-13-16-3-7-17(19)8-4-16/h3-10,20-21H,1,11-13H2,2H3. The maximum absolute atomic E-state index is 12.8. The number of halogens is 1. The SMILES string of the molecule is C=C(C)Nc1ccc(CCNCc2ccc(F)cc2)cc1. The Morgan fingerprint density at radius 2 is 1.62 bits per heavy atom. The Kier molecular flexibility index (Phi) is 5.52. The van der Waals surface area contributed by atoms with Gasteiger partial charge in [0.2, 0.25) is 0 Å². The second kappa shape index (κ2) is 7.60. The van der Waals surface area contributed by atoms with Gasteiger partial charge in [0.05, 0.1) is 0 Å². The fraction of sp³-hybridized carbons (Fsp3) is 0.222. The highest BCUT2D eigenvalue weighted by Crippen LogP contribution is 2.11. The van der Waals surface area contributed by atoms with Gasteiger partial charge in [0.1, 0.15) is 5.82 Å². The molecule has 0 aliphatic carbocycles. The van der Waals surface area contributed by atoms with Gasteiger partial charge < -0.3 is 10.6 Å². The summed E-state index contributed by atoms with van der Waals surface area (Å²) in [6, 6.07) is 14.9. The zero-order valence-electron chi connectivity index (χ0n) is 12.3. The van der Waals surface area contributed by atoms with E-state index in [1.54, 1.807) is 12.1 Å². The maximum atomic E-state index is 12.8. The average molecular weight is 284 g/mol. The lowest BCUT2D eigenvalue weighted by molar-refractivity contribution is 0.625. The molecule has 0 amide bonds. The minimum absolute atomic E-state index is 0.192. The van der Waals surface area contributed by atoms with Gasteiger partial charge in [-0.1, -0.05) is 30.8 Å². The molecule has 0 aliphatic rings. The van der Waals surface area contributed by atoms with Gasteiger partial charge in [0.15, 0.2) is 0 Å². The second-order valence-electron chi connectivity index (χ2n) is 5.16. The molecule has 0 saturated heterocycles. The van der Waals surface area contributed by atoms with E-state index < -0.39 is 0 Å². The Morgan fingerprint density at radius 3 is 2.24 bits per heavy atom. The third-order valence-electron chi connectivity index (χ3n) is 3.14. The van der Waals surface area contributed by atoms with Crippen molar-refractivity contribution in [3.05, 3.63) is 77.8 Å². The number of benzene rings is 2. The Labute approximate surface area is 125 Å². The molecule has 0 radical (unpaired) electrons. The summed E-state index contributed by atoms with van der Waals surface area (Å²) in [5.74, 6) is -0.192. The highest BCUT2D eigenvalue weighted by molar-refractivity contribution is 5.48. The molecule has 3 heteroatoms. The summed E-state index contributed by atoms with van der Waals surface area (Å²) in [5, 5.41) is 6.55. The van der Waals surface area contributed by atoms with Gasteiger partial charge in [-0.15, -0.1) is 0 Å². The number of anilines is 1. The van der Waals surface area contributed by atoms with Crippen LogP contribution in [-0.4, -0.2) is 6.54 Å². The van der Waals surface area contributed by atoms with E-state index in [0.717, 1.165) is 36.5 Å². The molecule has 0 heterocycles. The van der Waals surface area contributed by atoms with Gasteiger partial charge >= 0.3 is 0 Å². The van der Waals surface area contributed by atoms with Crippen LogP contribution in [-0.2, 0) is 13.0 Å². The van der Waals surface area contributed by atoms with Crippen molar-refractivity contribution in [2.45, 2.75) is 19.9 Å². The van der Waals surface area contributed by atoms with E-state index >= 15 is 0 Å². The van der Waals surface area contributed by atoms with Gasteiger partial charge in [-0.3, -0.25) is 0 Å². The molecule has 0 saturated carbocycles. The van der Waals surface area contributed by atoms with E-state index in [9.17, 15) is 4.39 Å². The van der Waals surface area contributed by atoms with Crippen LogP contribution in [0.1, 0.15) is 18.1 Å². The molecule has 0 atom stereocenters. The first-order valence-corrected chi connectivity index (χ1v) is 7.10. The first-order chi connectivity index (χ1) is 10.1. The lowest BCUT2D eigenvalue weighted by Gasteiger charge is -2.08. The van der Waals surface area contributed by atoms with E-state index in [1.165, 1.54) is 17.7 Å². The number of allylic oxidation sites excluding steroid dienone is 1. The van der Waals surface area contributed by atoms with E-state index in [2.05, 4.69) is 41.5 Å². The summed E-state index contributed by atoms with van der Waals surface area (Å²) in [7, 11) is 0. The van der Waals surface area contributed by atoms with Gasteiger partial charge in [-0.25, -0.2) is 4.39 Å². The van der Waals surface area contributed by atoms with Gasteiger partial charge in [0, 0.05) is 17.9 Å². The highest BCUT2D eigenvalue weighted by Gasteiger charge is 1.97. The fourth-order valence-corrected chi connectivity index (χ4v) is 2.07. The van der Waals surface area contributed by atoms with Crippen LogP contribution in [0, 0.1) is 5.82 Å². The molecule has 2 nitrogen and oxygen atoms in total. The van der Waals surface area contributed by atoms with Crippen molar-refractivity contribution in [1.29, 1.82) is 0 Å². The van der Waals surface area contributed by atoms with Crippen molar-refractivity contribution in [3.8, 4) is 0 Å². The fourth-order valence-electron chi connectivity index (χ4n) is 2.07. The molecule has 0 aliphatic heterocycles. The van der Waals surface area contributed by atoms with Crippen LogP contribution in [0.2, 0.25) is 0 Å². The van der Waals surface area contributed by atoms with Crippen LogP contribution in [0.4, 0.5) is 10.1 Å². The summed E-state index contributed by atoms with van der Waals surface area (Å²) in [6.45, 7) is 7.41. The van der Waals surface area contributed by atoms with Gasteiger partial charge in [-0.05, 0) is 55.3 Å². The number of rotatable bonds is 7. The van der Waals surface area contributed by atoms with E-state index in [1.807, 2.05) is 6.92 Å². The summed E-state index contributed by atoms with van der Waals surface area (Å²) in [5.41, 5.74) is 4.38. The smallest absolute Gasteiger partial charge is 0.123 e. The van der Waals surface area contributed by atoms with Gasteiger partial charge in [-0.2, -0.15) is 0 Å². The summed E-state index contributed by atoms with van der Waals surface area (Å²) in [4.78, 5) is 0. The van der Waals surface area contributed by atoms with Crippen molar-refractivity contribution in [2.24, 2.45) is 0 Å². The van der Waals surface area contributed by atoms with Crippen LogP contribution < -0.4 is 10.6 Å². The molecule has 0 spiro atoms. The van der Waals surface area contributed by atoms with Crippen LogP contribution in [0.25, 0.3) is 0 Å². The van der Waals surface area contributed by atoms with Crippen molar-refractivity contribution in [3.63, 3.8) is 0 Å². The predicted molar refractivity (Wildman–Crippen MR) is 86.7 cm³/mol. The largest absolute Gasteiger partial charge is 0.360 e. The summed E-state index contributed by atoms with van der Waals surface area (Å²) < 4.78 is 12.8. The quantitative estimate of drug-likeness (QED) is 0.748. The normalized spacial score (nSPS) is 10.4. The summed E-state index contributed by atoms with van der Waals surface area (Å²) in [6.07, 6.45) is 0.967. The molecular formula is C18H21FN2. The second-order valence-corrected chi connectivity index (χ2v) is 5.16. The lowest BCUT2D eigenvalue weighted by atomic mass is 10.1. The topological polar surface area (TPSA) is 24.1 Å². The molecule has 21 heavy (non-hydrogen) atoms. The molecular weight excluding hydrogens is 263 g/mol. The third-order valence-corrected chi connectivity index (χ3v) is 3.14. The van der Waals surface area contributed by atoms with Crippen LogP contribution in [0.3, 0.4) is 0 Å². The zero-order valence-corrected chi connectivity index (χ0v) is 12.3. The Balaban J connectivity index is 1.73. The summed E-state index contributed by atoms with van der Waals surface area (Å²) >= 11 is 0. The number of hydrogen-bond donors (Lipinski definition) is 2. The molecule has 110 valence electrons. The molecule has 0 aromatic heterocycles. The molecule has 0 bridgehead atoms. The Hall–Kier alpha value is -2.13. The molecule has 2 N–H and O–H groups in total. The van der Waals surface area contributed by atoms with E-state index in [0.29, 0.717) is 0 Å². The predicted octanol–water partition coefficient (Wildman–Crippen LogP) is 4.10. The molecule has 0 fully saturated rings. The zero-order chi connectivity index (χ0) is 15.1. The minimum atomic E-state index is -0.192. The Bertz CT molecular complexity index is 573. The minimum Gasteiger partial charge on any atom is -0.360 e. The average Bonchev–Trinajstić information content (AvgIpc) is 2.46. The molecule has 2 aromatic rings. The maximum Gasteiger partial charge on any atom is 0.123 e. The molecule has 2 aromatic carbocycles. The highest BCUT2D eigenvalue weighted by atomic mass is 19.1. The number of nitrogens with one attached hydrogen (secondary N) is 2. The lowest BCUT2D eigenvalue weighted by Crippen LogP contribution is -2.16. The van der Waals surface area contributed by atoms with Crippen molar-refractivity contribution in [2.75, 3.05) is 11.9 Å². The van der Waals surface area contributed by atoms with E-state index in [4.69, 9.17) is 0 Å². The molecule has 2 rings (SSSR count). The van der Waals surface area contributed by atoms with Crippen LogP contribution in [0.5, 0.6) is 0 Å². The van der Waals surface area contributed by atoms with Crippen molar-refractivity contribution >= 4 is 5.69 Å². The van der Waals surface area contributed by atoms with Crippen LogP contribution >= 0.6 is 0 Å². The first-order valence-electron chi connectivity index (χ1n) is 7.10. The first kappa shape index (κ1) is 15.3. The number of hydrogen-bond acceptors (Lipinski definition) is 2. The van der Waals surface area contributed by atoms with E-state index in [-0.39, 0.29) is 5.82 Å².